The van der Waals surface area contributed by atoms with Crippen molar-refractivity contribution in [3.8, 4) is 10.6 Å². The fourth-order valence-corrected chi connectivity index (χ4v) is 7.45. The quantitative estimate of drug-likeness (QED) is 0.380. The average Bonchev–Trinajstić information content (AvgIpc) is 3.72. The van der Waals surface area contributed by atoms with E-state index in [2.05, 4.69) is 20.2 Å². The number of fused-ring (bicyclic) bond motifs is 1. The van der Waals surface area contributed by atoms with Gasteiger partial charge in [-0.25, -0.2) is 26.4 Å². The molecule has 0 aromatic carbocycles. The molecule has 4 heterocycles. The maximum atomic E-state index is 13.6. The van der Waals surface area contributed by atoms with Crippen LogP contribution in [0.15, 0.2) is 17.0 Å². The zero-order chi connectivity index (χ0) is 27.0. The van der Waals surface area contributed by atoms with Crippen LogP contribution in [0.2, 0.25) is 0 Å². The highest BCUT2D eigenvalue weighted by molar-refractivity contribution is 7.89. The molecule has 0 bridgehead atoms. The normalized spacial score (nSPS) is 22.9. The fourth-order valence-electron chi connectivity index (χ4n) is 5.19. The van der Waals surface area contributed by atoms with E-state index >= 15 is 0 Å². The summed E-state index contributed by atoms with van der Waals surface area (Å²) in [5.41, 5.74) is 0.916. The van der Waals surface area contributed by atoms with E-state index in [1.807, 2.05) is 25.7 Å². The molecule has 38 heavy (non-hydrogen) atoms. The van der Waals surface area contributed by atoms with Crippen molar-refractivity contribution in [1.29, 1.82) is 0 Å². The molecule has 2 saturated carbocycles. The summed E-state index contributed by atoms with van der Waals surface area (Å²) in [5, 5.41) is 26.0. The highest BCUT2D eigenvalue weighted by Gasteiger charge is 2.42. The molecular weight excluding hydrogens is 536 g/mol. The number of halogens is 2. The van der Waals surface area contributed by atoms with Crippen LogP contribution in [0.4, 0.5) is 14.6 Å². The van der Waals surface area contributed by atoms with Gasteiger partial charge in [0, 0.05) is 42.2 Å². The standard InChI is InChI=1S/C24H31F2N7O3S2/c1-23(2)12-32(10-14(11-34)27-23)17-9-15(38(35,36)31-24(3)6-7-24)8-16-18(19(13-4-5-13)30-33(16)17)21-28-29-22(37-21)20(25)26/h8-9,13-14,20,27,31,34H,4-7,10-12H2,1-3H3/t14-/m0/s1. The Labute approximate surface area is 223 Å². The molecule has 0 spiro atoms. The van der Waals surface area contributed by atoms with Crippen molar-refractivity contribution in [2.45, 2.75) is 80.8 Å². The van der Waals surface area contributed by atoms with E-state index in [0.29, 0.717) is 40.7 Å². The molecular formula is C24H31F2N7O3S2. The van der Waals surface area contributed by atoms with Gasteiger partial charge in [0.1, 0.15) is 5.82 Å². The SMILES string of the molecule is CC1(C)CN(c2cc(S(=O)(=O)NC3(C)CC3)cc3c(-c4nnc(C(F)F)s4)c(C4CC4)nn23)C[C@@H](CO)N1. The summed E-state index contributed by atoms with van der Waals surface area (Å²) in [4.78, 5) is 2.10. The van der Waals surface area contributed by atoms with Crippen molar-refractivity contribution >= 4 is 32.7 Å². The third-order valence-electron chi connectivity index (χ3n) is 7.38. The minimum absolute atomic E-state index is 0.0760. The van der Waals surface area contributed by atoms with Crippen LogP contribution in [0, 0.1) is 0 Å². The number of aromatic nitrogens is 4. The van der Waals surface area contributed by atoms with Gasteiger partial charge in [-0.1, -0.05) is 11.3 Å². The Kier molecular flexibility index (Phi) is 6.07. The van der Waals surface area contributed by atoms with Gasteiger partial charge in [-0.05, 0) is 52.5 Å². The minimum Gasteiger partial charge on any atom is -0.395 e. The Bertz CT molecular complexity index is 1500. The number of nitrogens with zero attached hydrogens (tertiary/aromatic N) is 5. The first-order valence-corrected chi connectivity index (χ1v) is 15.0. The lowest BCUT2D eigenvalue weighted by Crippen LogP contribution is -2.63. The summed E-state index contributed by atoms with van der Waals surface area (Å²) < 4.78 is 58.5. The maximum Gasteiger partial charge on any atom is 0.291 e. The Morgan fingerprint density at radius 1 is 1.24 bits per heavy atom. The third kappa shape index (κ3) is 4.81. The maximum absolute atomic E-state index is 13.6. The van der Waals surface area contributed by atoms with Gasteiger partial charge in [-0.15, -0.1) is 10.2 Å². The summed E-state index contributed by atoms with van der Waals surface area (Å²) >= 11 is 0.804. The highest BCUT2D eigenvalue weighted by atomic mass is 32.2. The zero-order valence-electron chi connectivity index (χ0n) is 21.4. The Morgan fingerprint density at radius 2 is 1.97 bits per heavy atom. The molecule has 2 aliphatic carbocycles. The lowest BCUT2D eigenvalue weighted by atomic mass is 9.98. The molecule has 6 rings (SSSR count). The summed E-state index contributed by atoms with van der Waals surface area (Å²) in [6.07, 6.45) is 0.587. The lowest BCUT2D eigenvalue weighted by Gasteiger charge is -2.44. The van der Waals surface area contributed by atoms with Crippen LogP contribution in [0.1, 0.15) is 69.5 Å². The van der Waals surface area contributed by atoms with E-state index in [1.54, 1.807) is 16.6 Å². The molecule has 206 valence electrons. The predicted molar refractivity (Wildman–Crippen MR) is 139 cm³/mol. The molecule has 0 unspecified atom stereocenters. The number of pyridine rings is 1. The van der Waals surface area contributed by atoms with Gasteiger partial charge in [0.25, 0.3) is 6.43 Å². The summed E-state index contributed by atoms with van der Waals surface area (Å²) in [5.74, 6) is 0.702. The number of hydrogen-bond acceptors (Lipinski definition) is 9. The minimum atomic E-state index is -3.89. The smallest absolute Gasteiger partial charge is 0.291 e. The fraction of sp³-hybridized carbons (Fsp3) is 0.625. The lowest BCUT2D eigenvalue weighted by molar-refractivity contribution is 0.150. The first-order valence-electron chi connectivity index (χ1n) is 12.7. The Balaban J connectivity index is 1.58. The first kappa shape index (κ1) is 26.0. The van der Waals surface area contributed by atoms with Gasteiger partial charge >= 0.3 is 0 Å². The molecule has 0 amide bonds. The van der Waals surface area contributed by atoms with E-state index in [4.69, 9.17) is 5.10 Å². The van der Waals surface area contributed by atoms with Crippen molar-refractivity contribution in [2.24, 2.45) is 0 Å². The number of sulfonamides is 1. The number of nitrogens with one attached hydrogen (secondary N) is 2. The second-order valence-electron chi connectivity index (χ2n) is 11.6. The molecule has 3 aromatic heterocycles. The largest absolute Gasteiger partial charge is 0.395 e. The van der Waals surface area contributed by atoms with E-state index in [0.717, 1.165) is 37.0 Å². The van der Waals surface area contributed by atoms with Gasteiger partial charge in [0.2, 0.25) is 10.0 Å². The molecule has 10 nitrogen and oxygen atoms in total. The van der Waals surface area contributed by atoms with E-state index in [-0.39, 0.29) is 34.0 Å². The van der Waals surface area contributed by atoms with Crippen LogP contribution in [-0.4, -0.2) is 70.2 Å². The molecule has 3 aliphatic rings. The monoisotopic (exact) mass is 567 g/mol. The van der Waals surface area contributed by atoms with Gasteiger partial charge in [0.05, 0.1) is 28.3 Å². The van der Waals surface area contributed by atoms with Crippen LogP contribution in [0.5, 0.6) is 0 Å². The van der Waals surface area contributed by atoms with E-state index < -0.39 is 22.0 Å². The summed E-state index contributed by atoms with van der Waals surface area (Å²) in [7, 11) is -3.89. The van der Waals surface area contributed by atoms with Gasteiger partial charge in [0.15, 0.2) is 10.0 Å². The Hall–Kier alpha value is -2.26. The average molecular weight is 568 g/mol. The molecule has 1 aliphatic heterocycles. The number of rotatable bonds is 8. The molecule has 1 saturated heterocycles. The molecule has 3 aromatic rings. The second-order valence-corrected chi connectivity index (χ2v) is 14.3. The highest BCUT2D eigenvalue weighted by Crippen LogP contribution is 2.47. The van der Waals surface area contributed by atoms with Crippen molar-refractivity contribution in [3.05, 3.63) is 22.8 Å². The van der Waals surface area contributed by atoms with Crippen molar-refractivity contribution in [2.75, 3.05) is 24.6 Å². The molecule has 14 heteroatoms. The molecule has 0 radical (unpaired) electrons. The summed E-state index contributed by atoms with van der Waals surface area (Å²) in [6, 6.07) is 2.95. The number of anilines is 1. The topological polar surface area (TPSA) is 125 Å². The molecule has 3 N–H and O–H groups in total. The Morgan fingerprint density at radius 3 is 2.58 bits per heavy atom. The second kappa shape index (κ2) is 8.88. The number of hydrogen-bond donors (Lipinski definition) is 3. The number of alkyl halides is 2. The van der Waals surface area contributed by atoms with Crippen LogP contribution >= 0.6 is 11.3 Å². The summed E-state index contributed by atoms with van der Waals surface area (Å²) in [6.45, 7) is 6.80. The third-order valence-corrected chi connectivity index (χ3v) is 9.94. The first-order chi connectivity index (χ1) is 17.9. The van der Waals surface area contributed by atoms with Gasteiger partial charge < -0.3 is 15.3 Å². The van der Waals surface area contributed by atoms with Crippen LogP contribution in [0.3, 0.4) is 0 Å². The van der Waals surface area contributed by atoms with E-state index in [9.17, 15) is 22.3 Å². The predicted octanol–water partition coefficient (Wildman–Crippen LogP) is 3.05. The van der Waals surface area contributed by atoms with Crippen molar-refractivity contribution < 1.29 is 22.3 Å². The van der Waals surface area contributed by atoms with Gasteiger partial charge in [-0.3, -0.25) is 0 Å². The van der Waals surface area contributed by atoms with Crippen LogP contribution in [-0.2, 0) is 10.0 Å². The molecule has 3 fully saturated rings. The van der Waals surface area contributed by atoms with E-state index in [1.165, 1.54) is 0 Å². The van der Waals surface area contributed by atoms with Crippen molar-refractivity contribution in [1.82, 2.24) is 29.9 Å². The van der Waals surface area contributed by atoms with Crippen LogP contribution < -0.4 is 14.9 Å². The zero-order valence-corrected chi connectivity index (χ0v) is 23.0. The van der Waals surface area contributed by atoms with Crippen molar-refractivity contribution in [3.63, 3.8) is 0 Å². The van der Waals surface area contributed by atoms with Crippen LogP contribution in [0.25, 0.3) is 16.1 Å². The number of aliphatic hydroxyl groups excluding tert-OH is 1. The van der Waals surface area contributed by atoms with Gasteiger partial charge in [-0.2, -0.15) is 5.10 Å². The number of piperazine rings is 1. The molecule has 1 atom stereocenters. The number of aliphatic hydroxyl groups is 1.